The number of anilines is 1. The molecule has 2 aromatic heterocycles. The third-order valence-corrected chi connectivity index (χ3v) is 4.32. The molecule has 4 N–H and O–H groups in total. The molecule has 0 spiro atoms. The highest BCUT2D eigenvalue weighted by Crippen LogP contribution is 2.24. The molecule has 0 saturated heterocycles. The number of rotatable bonds is 6. The van der Waals surface area contributed by atoms with Gasteiger partial charge in [0.2, 0.25) is 5.88 Å². The number of nitrogens with one attached hydrogen (secondary N) is 3. The highest BCUT2D eigenvalue weighted by atomic mass is 16.5. The van der Waals surface area contributed by atoms with Crippen LogP contribution in [0.1, 0.15) is 25.5 Å². The number of carbonyl (C=O) groups excluding carboxylic acids is 1. The largest absolute Gasteiger partial charge is 0.479 e. The molecular weight excluding hydrogens is 346 g/mol. The Morgan fingerprint density at radius 3 is 2.67 bits per heavy atom. The van der Waals surface area contributed by atoms with Crippen LogP contribution >= 0.6 is 0 Å². The zero-order valence-corrected chi connectivity index (χ0v) is 15.4. The molecule has 0 aliphatic carbocycles. The number of aromatic nitrogens is 3. The molecule has 2 unspecified atom stereocenters. The van der Waals surface area contributed by atoms with E-state index in [0.29, 0.717) is 17.2 Å². The summed E-state index contributed by atoms with van der Waals surface area (Å²) in [6.07, 6.45) is 0.843. The molecule has 27 heavy (non-hydrogen) atoms. The van der Waals surface area contributed by atoms with Gasteiger partial charge in [-0.25, -0.2) is 9.78 Å². The van der Waals surface area contributed by atoms with E-state index in [-0.39, 0.29) is 5.92 Å². The molecule has 8 nitrogen and oxygen atoms in total. The molecular formula is C19H23N5O3. The maximum Gasteiger partial charge on any atom is 0.320 e. The number of nitrogens with zero attached hydrogens (tertiary/aromatic N) is 2. The maximum absolute atomic E-state index is 12.5. The lowest BCUT2D eigenvalue weighted by Gasteiger charge is -2.27. The number of aliphatic hydroxyl groups excluding tert-OH is 1. The Kier molecular flexibility index (Phi) is 5.56. The molecule has 8 heteroatoms. The lowest BCUT2D eigenvalue weighted by atomic mass is 9.94. The van der Waals surface area contributed by atoms with Crippen LogP contribution in [0.5, 0.6) is 5.88 Å². The summed E-state index contributed by atoms with van der Waals surface area (Å²) in [4.78, 5) is 16.7. The number of methoxy groups -OCH3 is 1. The first-order valence-corrected chi connectivity index (χ1v) is 8.68. The Bertz CT molecular complexity index is 910. The molecule has 2 atom stereocenters. The van der Waals surface area contributed by atoms with Gasteiger partial charge in [-0.2, -0.15) is 0 Å². The van der Waals surface area contributed by atoms with E-state index < -0.39 is 18.2 Å². The summed E-state index contributed by atoms with van der Waals surface area (Å²) in [5.74, 6) is 0.775. The zero-order chi connectivity index (χ0) is 19.4. The third kappa shape index (κ3) is 4.17. The summed E-state index contributed by atoms with van der Waals surface area (Å²) >= 11 is 0. The minimum absolute atomic E-state index is 0.0255. The number of ether oxygens (including phenoxy) is 1. The average Bonchev–Trinajstić information content (AvgIpc) is 3.08. The van der Waals surface area contributed by atoms with Crippen molar-refractivity contribution in [3.8, 4) is 5.88 Å². The number of hydrogen-bond acceptors (Lipinski definition) is 5. The van der Waals surface area contributed by atoms with Gasteiger partial charge in [0.05, 0.1) is 30.2 Å². The summed E-state index contributed by atoms with van der Waals surface area (Å²) in [6, 6.07) is 10.0. The van der Waals surface area contributed by atoms with Crippen molar-refractivity contribution in [2.45, 2.75) is 26.0 Å². The topological polar surface area (TPSA) is 112 Å². The van der Waals surface area contributed by atoms with Crippen molar-refractivity contribution < 1.29 is 14.6 Å². The van der Waals surface area contributed by atoms with Gasteiger partial charge in [0, 0.05) is 12.3 Å². The van der Waals surface area contributed by atoms with Crippen LogP contribution in [0.25, 0.3) is 10.9 Å². The fourth-order valence-corrected chi connectivity index (χ4v) is 2.82. The fraction of sp³-hybridized carbons (Fsp3) is 0.316. The Balaban J connectivity index is 1.76. The van der Waals surface area contributed by atoms with E-state index in [1.165, 1.54) is 7.11 Å². The van der Waals surface area contributed by atoms with Gasteiger partial charge in [-0.15, -0.1) is 5.10 Å². The van der Waals surface area contributed by atoms with Crippen LogP contribution in [0.2, 0.25) is 0 Å². The number of urea groups is 1. The zero-order valence-electron chi connectivity index (χ0n) is 15.4. The molecule has 2 heterocycles. The van der Waals surface area contributed by atoms with Crippen molar-refractivity contribution >= 4 is 22.8 Å². The van der Waals surface area contributed by atoms with Crippen LogP contribution in [-0.4, -0.2) is 39.5 Å². The highest BCUT2D eigenvalue weighted by Gasteiger charge is 2.25. The Morgan fingerprint density at radius 2 is 2.00 bits per heavy atom. The maximum atomic E-state index is 12.5. The van der Waals surface area contributed by atoms with Crippen molar-refractivity contribution in [3.63, 3.8) is 0 Å². The first-order valence-electron chi connectivity index (χ1n) is 8.68. The lowest BCUT2D eigenvalue weighted by Crippen LogP contribution is -2.40. The minimum atomic E-state index is -0.731. The van der Waals surface area contributed by atoms with Gasteiger partial charge in [-0.05, 0) is 11.5 Å². The van der Waals surface area contributed by atoms with Crippen LogP contribution in [0, 0.1) is 5.92 Å². The second-order valence-electron chi connectivity index (χ2n) is 6.57. The second-order valence-corrected chi connectivity index (χ2v) is 6.57. The number of aliphatic hydroxyl groups is 1. The SMILES string of the molecule is COc1n[nH]c2cc(NC(=O)NC(c3ccccc3)C(O)C(C)C)ncc12. The molecule has 0 radical (unpaired) electrons. The minimum Gasteiger partial charge on any atom is -0.479 e. The van der Waals surface area contributed by atoms with Gasteiger partial charge in [0.1, 0.15) is 5.82 Å². The van der Waals surface area contributed by atoms with Crippen LogP contribution < -0.4 is 15.4 Å². The van der Waals surface area contributed by atoms with Crippen molar-refractivity contribution in [3.05, 3.63) is 48.2 Å². The number of hydrogen-bond donors (Lipinski definition) is 4. The van der Waals surface area contributed by atoms with Crippen molar-refractivity contribution in [2.75, 3.05) is 12.4 Å². The molecule has 3 aromatic rings. The van der Waals surface area contributed by atoms with Crippen molar-refractivity contribution in [1.82, 2.24) is 20.5 Å². The number of benzene rings is 1. The van der Waals surface area contributed by atoms with Crippen LogP contribution in [0.4, 0.5) is 10.6 Å². The standard InChI is InChI=1S/C19H23N5O3/c1-11(2)17(25)16(12-7-5-4-6-8-12)22-19(26)21-15-9-14-13(10-20-15)18(27-3)24-23-14/h4-11,16-17,25H,1-3H3,(H,23,24)(H2,20,21,22,26). The summed E-state index contributed by atoms with van der Waals surface area (Å²) in [5, 5.41) is 23.6. The van der Waals surface area contributed by atoms with Crippen LogP contribution in [-0.2, 0) is 0 Å². The van der Waals surface area contributed by atoms with Crippen LogP contribution in [0.3, 0.4) is 0 Å². The van der Waals surface area contributed by atoms with Crippen LogP contribution in [0.15, 0.2) is 42.6 Å². The fourth-order valence-electron chi connectivity index (χ4n) is 2.82. The number of aromatic amines is 1. The van der Waals surface area contributed by atoms with Gasteiger partial charge >= 0.3 is 6.03 Å². The molecule has 0 aliphatic heterocycles. The van der Waals surface area contributed by atoms with E-state index in [4.69, 9.17) is 4.74 Å². The number of pyridine rings is 1. The number of fused-ring (bicyclic) bond motifs is 1. The van der Waals surface area contributed by atoms with Crippen molar-refractivity contribution in [1.29, 1.82) is 0 Å². The van der Waals surface area contributed by atoms with Gasteiger partial charge in [-0.1, -0.05) is 44.2 Å². The molecule has 0 bridgehead atoms. The number of H-pyrrole nitrogens is 1. The van der Waals surface area contributed by atoms with Gasteiger partial charge in [0.25, 0.3) is 0 Å². The van der Waals surface area contributed by atoms with Gasteiger partial charge < -0.3 is 15.2 Å². The Morgan fingerprint density at radius 1 is 1.26 bits per heavy atom. The smallest absolute Gasteiger partial charge is 0.320 e. The first kappa shape index (κ1) is 18.7. The predicted molar refractivity (Wildman–Crippen MR) is 103 cm³/mol. The van der Waals surface area contributed by atoms with Crippen molar-refractivity contribution in [2.24, 2.45) is 5.92 Å². The van der Waals surface area contributed by atoms with Gasteiger partial charge in [0.15, 0.2) is 0 Å². The normalized spacial score (nSPS) is 13.4. The Hall–Kier alpha value is -3.13. The first-order chi connectivity index (χ1) is 13.0. The van der Waals surface area contributed by atoms with E-state index in [1.807, 2.05) is 44.2 Å². The van der Waals surface area contributed by atoms with E-state index in [9.17, 15) is 9.90 Å². The predicted octanol–water partition coefficient (Wildman–Crippen LogP) is 2.85. The quantitative estimate of drug-likeness (QED) is 0.534. The molecule has 0 aliphatic rings. The Labute approximate surface area is 157 Å². The van der Waals surface area contributed by atoms with E-state index in [1.54, 1.807) is 12.3 Å². The molecule has 142 valence electrons. The third-order valence-electron chi connectivity index (χ3n) is 4.32. The van der Waals surface area contributed by atoms with E-state index in [2.05, 4.69) is 25.8 Å². The summed E-state index contributed by atoms with van der Waals surface area (Å²) in [6.45, 7) is 3.81. The molecule has 0 saturated carbocycles. The number of carbonyl (C=O) groups is 1. The van der Waals surface area contributed by atoms with E-state index >= 15 is 0 Å². The summed E-state index contributed by atoms with van der Waals surface area (Å²) in [5.41, 5.74) is 1.52. The lowest BCUT2D eigenvalue weighted by molar-refractivity contribution is 0.0870. The molecule has 2 amide bonds. The molecule has 1 aromatic carbocycles. The second kappa shape index (κ2) is 8.05. The highest BCUT2D eigenvalue weighted by molar-refractivity contribution is 5.92. The molecule has 0 fully saturated rings. The summed E-state index contributed by atoms with van der Waals surface area (Å²) < 4.78 is 5.13. The number of amides is 2. The van der Waals surface area contributed by atoms with E-state index in [0.717, 1.165) is 10.9 Å². The monoisotopic (exact) mass is 369 g/mol. The summed E-state index contributed by atoms with van der Waals surface area (Å²) in [7, 11) is 1.53. The molecule has 3 rings (SSSR count). The average molecular weight is 369 g/mol. The van der Waals surface area contributed by atoms with Gasteiger partial charge in [-0.3, -0.25) is 10.4 Å².